The zero-order chi connectivity index (χ0) is 21.2. The number of unbranched alkanes of at least 4 members (excludes halogenated alkanes) is 1. The predicted octanol–water partition coefficient (Wildman–Crippen LogP) is 4.09. The van der Waals surface area contributed by atoms with Crippen molar-refractivity contribution in [3.63, 3.8) is 0 Å². The Morgan fingerprint density at radius 2 is 2.07 bits per heavy atom. The number of amides is 2. The number of dihydropyridines is 1. The van der Waals surface area contributed by atoms with Crippen molar-refractivity contribution in [2.45, 2.75) is 45.4 Å². The van der Waals surface area contributed by atoms with Gasteiger partial charge in [-0.3, -0.25) is 14.6 Å². The van der Waals surface area contributed by atoms with Crippen LogP contribution in [0.15, 0.2) is 53.1 Å². The van der Waals surface area contributed by atoms with Crippen LogP contribution in [0.25, 0.3) is 0 Å². The van der Waals surface area contributed by atoms with Gasteiger partial charge in [0.1, 0.15) is 0 Å². The molecule has 0 spiro atoms. The van der Waals surface area contributed by atoms with E-state index in [4.69, 9.17) is 0 Å². The Balaban J connectivity index is 1.27. The Labute approximate surface area is 180 Å². The number of nitrogens with one attached hydrogen (secondary N) is 1. The normalized spacial score (nSPS) is 17.2. The highest BCUT2D eigenvalue weighted by Gasteiger charge is 2.23. The highest BCUT2D eigenvalue weighted by atomic mass is 16.2. The number of rotatable bonds is 8. The van der Waals surface area contributed by atoms with E-state index in [9.17, 15) is 9.59 Å². The molecule has 3 rings (SSSR count). The molecule has 5 heteroatoms. The molecule has 2 heterocycles. The summed E-state index contributed by atoms with van der Waals surface area (Å²) in [5.74, 6) is 0.792. The Morgan fingerprint density at radius 1 is 1.23 bits per heavy atom. The lowest BCUT2D eigenvalue weighted by atomic mass is 9.91. The Kier molecular flexibility index (Phi) is 8.42. The number of hydrogen-bond acceptors (Lipinski definition) is 3. The highest BCUT2D eigenvalue weighted by molar-refractivity contribution is 5.94. The topological polar surface area (TPSA) is 61.8 Å². The number of allylic oxidation sites excluding steroid dienone is 2. The zero-order valence-electron chi connectivity index (χ0n) is 18.0. The van der Waals surface area contributed by atoms with E-state index < -0.39 is 0 Å². The van der Waals surface area contributed by atoms with E-state index >= 15 is 0 Å². The molecule has 1 aromatic rings. The van der Waals surface area contributed by atoms with Crippen LogP contribution < -0.4 is 5.32 Å². The third kappa shape index (κ3) is 6.97. The molecule has 0 aromatic heterocycles. The molecule has 2 aliphatic rings. The molecule has 0 aliphatic carbocycles. The van der Waals surface area contributed by atoms with Gasteiger partial charge in [0.2, 0.25) is 5.91 Å². The maximum Gasteiger partial charge on any atom is 0.253 e. The Bertz CT molecular complexity index is 817. The summed E-state index contributed by atoms with van der Waals surface area (Å²) in [6.45, 7) is 5.26. The van der Waals surface area contributed by atoms with Gasteiger partial charge in [-0.15, -0.1) is 0 Å². The smallest absolute Gasteiger partial charge is 0.253 e. The van der Waals surface area contributed by atoms with E-state index in [1.807, 2.05) is 48.4 Å². The molecule has 1 saturated heterocycles. The van der Waals surface area contributed by atoms with E-state index in [0.29, 0.717) is 12.5 Å². The quantitative estimate of drug-likeness (QED) is 0.521. The average molecular weight is 408 g/mol. The van der Waals surface area contributed by atoms with Crippen LogP contribution in [0.3, 0.4) is 0 Å². The fraction of sp³-hybridized carbons (Fsp3) is 0.480. The minimum Gasteiger partial charge on any atom is -0.353 e. The van der Waals surface area contributed by atoms with Gasteiger partial charge in [-0.05, 0) is 62.3 Å². The van der Waals surface area contributed by atoms with Gasteiger partial charge in [-0.25, -0.2) is 0 Å². The average Bonchev–Trinajstić information content (AvgIpc) is 2.78. The van der Waals surface area contributed by atoms with Crippen molar-refractivity contribution in [2.24, 2.45) is 10.9 Å². The van der Waals surface area contributed by atoms with Crippen molar-refractivity contribution < 1.29 is 9.59 Å². The lowest BCUT2D eigenvalue weighted by molar-refractivity contribution is -0.116. The second-order valence-corrected chi connectivity index (χ2v) is 8.25. The number of carbonyl (C=O) groups is 2. The molecule has 0 bridgehead atoms. The monoisotopic (exact) mass is 407 g/mol. The number of nitrogens with zero attached hydrogens (tertiary/aromatic N) is 2. The minimum absolute atomic E-state index is 0.0437. The van der Waals surface area contributed by atoms with Gasteiger partial charge >= 0.3 is 0 Å². The third-order valence-corrected chi connectivity index (χ3v) is 5.81. The number of aliphatic imine (C=N–C) groups is 1. The second-order valence-electron chi connectivity index (χ2n) is 8.25. The molecule has 0 saturated carbocycles. The number of benzene rings is 1. The van der Waals surface area contributed by atoms with E-state index in [2.05, 4.69) is 16.4 Å². The van der Waals surface area contributed by atoms with Crippen molar-refractivity contribution in [1.82, 2.24) is 10.2 Å². The van der Waals surface area contributed by atoms with Crippen molar-refractivity contribution in [2.75, 3.05) is 26.2 Å². The predicted molar refractivity (Wildman–Crippen MR) is 122 cm³/mol. The molecule has 5 nitrogen and oxygen atoms in total. The number of piperidine rings is 1. The zero-order valence-corrected chi connectivity index (χ0v) is 18.0. The minimum atomic E-state index is -0.0437. The molecule has 160 valence electrons. The molecule has 30 heavy (non-hydrogen) atoms. The van der Waals surface area contributed by atoms with Crippen molar-refractivity contribution in [3.05, 3.63) is 59.2 Å². The molecule has 2 aliphatic heterocycles. The number of likely N-dealkylation sites (tertiary alicyclic amines) is 1. The largest absolute Gasteiger partial charge is 0.353 e. The first kappa shape index (κ1) is 22.0. The van der Waals surface area contributed by atoms with Gasteiger partial charge in [-0.2, -0.15) is 0 Å². The fourth-order valence-electron chi connectivity index (χ4n) is 4.03. The molecule has 0 atom stereocenters. The molecular formula is C25H33N3O2. The maximum absolute atomic E-state index is 12.6. The van der Waals surface area contributed by atoms with Gasteiger partial charge in [-0.1, -0.05) is 36.6 Å². The summed E-state index contributed by atoms with van der Waals surface area (Å²) in [6.07, 6.45) is 13.7. The molecule has 1 fully saturated rings. The molecule has 1 N–H and O–H groups in total. The molecule has 2 amide bonds. The van der Waals surface area contributed by atoms with Gasteiger partial charge < -0.3 is 10.2 Å². The summed E-state index contributed by atoms with van der Waals surface area (Å²) in [6, 6.07) is 7.85. The van der Waals surface area contributed by atoms with Gasteiger partial charge in [0.25, 0.3) is 5.91 Å². The van der Waals surface area contributed by atoms with Crippen LogP contribution in [0.2, 0.25) is 0 Å². The maximum atomic E-state index is 12.6. The lowest BCUT2D eigenvalue weighted by Crippen LogP contribution is -2.38. The molecule has 1 aromatic carbocycles. The van der Waals surface area contributed by atoms with E-state index in [-0.39, 0.29) is 11.8 Å². The highest BCUT2D eigenvalue weighted by Crippen LogP contribution is 2.23. The summed E-state index contributed by atoms with van der Waals surface area (Å²) in [7, 11) is 0. The number of aryl methyl sites for hydroxylation is 1. The van der Waals surface area contributed by atoms with Crippen LogP contribution in [-0.4, -0.2) is 49.1 Å². The van der Waals surface area contributed by atoms with Crippen LogP contribution in [0.1, 0.15) is 54.4 Å². The van der Waals surface area contributed by atoms with Crippen LogP contribution in [-0.2, 0) is 4.79 Å². The number of hydrogen-bond donors (Lipinski definition) is 1. The first-order valence-electron chi connectivity index (χ1n) is 11.1. The van der Waals surface area contributed by atoms with Crippen LogP contribution >= 0.6 is 0 Å². The van der Waals surface area contributed by atoms with Crippen molar-refractivity contribution in [1.29, 1.82) is 0 Å². The number of carbonyl (C=O) groups excluding carboxylic acids is 2. The first-order chi connectivity index (χ1) is 14.6. The summed E-state index contributed by atoms with van der Waals surface area (Å²) in [5, 5.41) is 2.95. The van der Waals surface area contributed by atoms with Crippen LogP contribution in [0.5, 0.6) is 0 Å². The summed E-state index contributed by atoms with van der Waals surface area (Å²) in [5.41, 5.74) is 2.92. The van der Waals surface area contributed by atoms with Crippen LogP contribution in [0.4, 0.5) is 0 Å². The van der Waals surface area contributed by atoms with Gasteiger partial charge in [0.05, 0.1) is 0 Å². The SMILES string of the molecule is Cc1cccc(C(=O)N2CCC(CCCCNC(=O)/C=C/C3=CCCN=C3)CC2)c1. The lowest BCUT2D eigenvalue weighted by Gasteiger charge is -2.32. The summed E-state index contributed by atoms with van der Waals surface area (Å²) in [4.78, 5) is 30.7. The molecule has 0 radical (unpaired) electrons. The summed E-state index contributed by atoms with van der Waals surface area (Å²) >= 11 is 0. The Morgan fingerprint density at radius 3 is 2.80 bits per heavy atom. The van der Waals surface area contributed by atoms with E-state index in [1.54, 1.807) is 6.08 Å². The standard InChI is InChI=1S/C25H33N3O2/c1-20-6-4-9-23(18-20)25(30)28-16-12-21(13-17-28)7-2-3-15-27-24(29)11-10-22-8-5-14-26-19-22/h4,6,8-11,18-19,21H,2-3,5,7,12-17H2,1H3,(H,27,29)/b11-10+. The second kappa shape index (κ2) is 11.5. The van der Waals surface area contributed by atoms with Crippen LogP contribution in [0, 0.1) is 12.8 Å². The first-order valence-corrected chi connectivity index (χ1v) is 11.1. The van der Waals surface area contributed by atoms with E-state index in [1.165, 1.54) is 6.42 Å². The van der Waals surface area contributed by atoms with Crippen molar-refractivity contribution >= 4 is 18.0 Å². The fourth-order valence-corrected chi connectivity index (χ4v) is 4.03. The molecular weight excluding hydrogens is 374 g/mol. The Hall–Kier alpha value is -2.69. The van der Waals surface area contributed by atoms with Gasteiger partial charge in [0.15, 0.2) is 0 Å². The summed E-state index contributed by atoms with van der Waals surface area (Å²) < 4.78 is 0. The van der Waals surface area contributed by atoms with Crippen molar-refractivity contribution in [3.8, 4) is 0 Å². The van der Waals surface area contributed by atoms with E-state index in [0.717, 1.165) is 68.4 Å². The molecule has 0 unspecified atom stereocenters. The third-order valence-electron chi connectivity index (χ3n) is 5.81. The van der Waals surface area contributed by atoms with Gasteiger partial charge in [0, 0.05) is 44.0 Å².